The molecule has 0 aliphatic carbocycles. The summed E-state index contributed by atoms with van der Waals surface area (Å²) in [6.07, 6.45) is -4.53. The molecule has 0 aromatic heterocycles. The Morgan fingerprint density at radius 3 is 2.47 bits per heavy atom. The average Bonchev–Trinajstić information content (AvgIpc) is 2.33. The number of aromatic hydroxyl groups is 1. The number of rotatable bonds is 4. The largest absolute Gasteiger partial charge is 0.507 e. The Hall–Kier alpha value is -2.25. The summed E-state index contributed by atoms with van der Waals surface area (Å²) < 4.78 is 39.8. The quantitative estimate of drug-likeness (QED) is 0.812. The summed E-state index contributed by atoms with van der Waals surface area (Å²) in [4.78, 5) is 22.3. The lowest BCUT2D eigenvalue weighted by Crippen LogP contribution is -2.36. The van der Waals surface area contributed by atoms with Crippen LogP contribution in [0.15, 0.2) is 24.3 Å². The number of para-hydroxylation sites is 1. The average molecular weight is 277 g/mol. The number of phenolic OH excluding ortho intramolecular Hbond substituents is 1. The van der Waals surface area contributed by atoms with Crippen LogP contribution < -0.4 is 5.32 Å². The fourth-order valence-corrected chi connectivity index (χ4v) is 1.10. The molecule has 0 atom stereocenters. The number of esters is 1. The third-order valence-electron chi connectivity index (χ3n) is 1.94. The van der Waals surface area contributed by atoms with E-state index in [-0.39, 0.29) is 11.3 Å². The van der Waals surface area contributed by atoms with Crippen LogP contribution in [0.5, 0.6) is 5.75 Å². The van der Waals surface area contributed by atoms with E-state index >= 15 is 0 Å². The summed E-state index contributed by atoms with van der Waals surface area (Å²) in [6.45, 7) is -2.36. The summed E-state index contributed by atoms with van der Waals surface area (Å²) in [5.41, 5.74) is -0.175. The molecular formula is C11H10F3NO4. The van der Waals surface area contributed by atoms with E-state index in [0.717, 1.165) is 0 Å². The maximum atomic E-state index is 11.8. The number of hydrogen-bond donors (Lipinski definition) is 2. The van der Waals surface area contributed by atoms with Crippen molar-refractivity contribution >= 4 is 11.9 Å². The van der Waals surface area contributed by atoms with Gasteiger partial charge < -0.3 is 15.2 Å². The molecule has 0 spiro atoms. The van der Waals surface area contributed by atoms with Crippen LogP contribution in [0.1, 0.15) is 10.4 Å². The van der Waals surface area contributed by atoms with Gasteiger partial charge in [0.05, 0.1) is 0 Å². The van der Waals surface area contributed by atoms with Gasteiger partial charge in [-0.05, 0) is 12.1 Å². The molecule has 0 radical (unpaired) electrons. The van der Waals surface area contributed by atoms with Gasteiger partial charge in [0, 0.05) is 0 Å². The Kier molecular flexibility index (Phi) is 4.74. The van der Waals surface area contributed by atoms with E-state index in [1.807, 2.05) is 0 Å². The molecule has 104 valence electrons. The molecule has 0 aliphatic rings. The predicted octanol–water partition coefficient (Wildman–Crippen LogP) is 1.23. The molecule has 1 amide bonds. The summed E-state index contributed by atoms with van der Waals surface area (Å²) in [5, 5.41) is 10.8. The van der Waals surface area contributed by atoms with Crippen LogP contribution in [0.25, 0.3) is 0 Å². The van der Waals surface area contributed by atoms with Crippen molar-refractivity contribution in [3.05, 3.63) is 29.8 Å². The lowest BCUT2D eigenvalue weighted by atomic mass is 10.2. The normalized spacial score (nSPS) is 10.9. The van der Waals surface area contributed by atoms with Crippen molar-refractivity contribution in [3.8, 4) is 5.75 Å². The highest BCUT2D eigenvalue weighted by Crippen LogP contribution is 2.16. The molecule has 5 nitrogen and oxygen atoms in total. The molecular weight excluding hydrogens is 267 g/mol. The Morgan fingerprint density at radius 2 is 1.89 bits per heavy atom. The highest BCUT2D eigenvalue weighted by molar-refractivity contribution is 5.93. The van der Waals surface area contributed by atoms with Crippen LogP contribution >= 0.6 is 0 Å². The number of carbonyl (C=O) groups is 2. The van der Waals surface area contributed by atoms with Gasteiger partial charge in [-0.15, -0.1) is 0 Å². The second-order valence-electron chi connectivity index (χ2n) is 3.49. The molecule has 2 N–H and O–H groups in total. The van der Waals surface area contributed by atoms with Crippen molar-refractivity contribution in [1.29, 1.82) is 0 Å². The summed E-state index contributed by atoms with van der Waals surface area (Å²) in [5.74, 6) is -2.43. The number of phenols is 1. The topological polar surface area (TPSA) is 75.6 Å². The Morgan fingerprint density at radius 1 is 1.26 bits per heavy atom. The van der Waals surface area contributed by atoms with E-state index in [4.69, 9.17) is 0 Å². The number of hydrogen-bond acceptors (Lipinski definition) is 4. The summed E-state index contributed by atoms with van der Waals surface area (Å²) in [6, 6.07) is 5.42. The monoisotopic (exact) mass is 277 g/mol. The maximum absolute atomic E-state index is 11.8. The first-order valence-electron chi connectivity index (χ1n) is 5.08. The number of alkyl halides is 3. The molecule has 1 rings (SSSR count). The second kappa shape index (κ2) is 6.07. The van der Waals surface area contributed by atoms with E-state index in [9.17, 15) is 27.9 Å². The van der Waals surface area contributed by atoms with Crippen LogP contribution in [0.3, 0.4) is 0 Å². The van der Waals surface area contributed by atoms with Gasteiger partial charge in [-0.1, -0.05) is 12.1 Å². The van der Waals surface area contributed by atoms with Gasteiger partial charge in [0.25, 0.3) is 5.91 Å². The molecule has 1 aromatic rings. The lowest BCUT2D eigenvalue weighted by molar-refractivity contribution is -0.140. The first-order valence-corrected chi connectivity index (χ1v) is 5.08. The smallest absolute Gasteiger partial charge is 0.405 e. The highest BCUT2D eigenvalue weighted by Gasteiger charge is 2.27. The summed E-state index contributed by atoms with van der Waals surface area (Å²) in [7, 11) is 0. The third-order valence-corrected chi connectivity index (χ3v) is 1.94. The Balaban J connectivity index is 2.43. The van der Waals surface area contributed by atoms with Crippen LogP contribution in [-0.2, 0) is 9.53 Å². The molecule has 8 heteroatoms. The van der Waals surface area contributed by atoms with Crippen LogP contribution in [0, 0.1) is 0 Å². The first kappa shape index (κ1) is 14.8. The molecule has 0 saturated heterocycles. The maximum Gasteiger partial charge on any atom is 0.405 e. The molecule has 0 bridgehead atoms. The van der Waals surface area contributed by atoms with Gasteiger partial charge in [0.2, 0.25) is 0 Å². The molecule has 0 saturated carbocycles. The zero-order valence-electron chi connectivity index (χ0n) is 9.53. The minimum atomic E-state index is -4.53. The van der Waals surface area contributed by atoms with E-state index in [2.05, 4.69) is 4.74 Å². The minimum absolute atomic E-state index is 0.175. The van der Waals surface area contributed by atoms with Crippen LogP contribution in [0.4, 0.5) is 13.2 Å². The fourth-order valence-electron chi connectivity index (χ4n) is 1.10. The van der Waals surface area contributed by atoms with Gasteiger partial charge in [-0.25, -0.2) is 4.79 Å². The predicted molar refractivity (Wildman–Crippen MR) is 57.5 cm³/mol. The number of nitrogens with one attached hydrogen (secondary N) is 1. The van der Waals surface area contributed by atoms with E-state index in [0.29, 0.717) is 0 Å². The number of ether oxygens (including phenoxy) is 1. The number of carbonyl (C=O) groups excluding carboxylic acids is 2. The van der Waals surface area contributed by atoms with Crippen molar-refractivity contribution in [2.45, 2.75) is 6.18 Å². The second-order valence-corrected chi connectivity index (χ2v) is 3.49. The zero-order valence-corrected chi connectivity index (χ0v) is 9.53. The Bertz CT molecular complexity index is 473. The van der Waals surface area contributed by atoms with Crippen molar-refractivity contribution in [1.82, 2.24) is 5.32 Å². The third kappa shape index (κ3) is 5.28. The Labute approximate surface area is 106 Å². The molecule has 1 aromatic carbocycles. The number of amides is 1. The first-order chi connectivity index (χ1) is 8.79. The minimum Gasteiger partial charge on any atom is -0.507 e. The van der Waals surface area contributed by atoms with E-state index < -0.39 is 31.2 Å². The SMILES string of the molecule is O=C(COC(=O)c1ccccc1O)NCC(F)(F)F. The molecule has 0 unspecified atom stereocenters. The summed E-state index contributed by atoms with van der Waals surface area (Å²) >= 11 is 0. The zero-order chi connectivity index (χ0) is 14.5. The van der Waals surface area contributed by atoms with Gasteiger partial charge in [-0.3, -0.25) is 4.79 Å². The van der Waals surface area contributed by atoms with Gasteiger partial charge >= 0.3 is 12.1 Å². The fraction of sp³-hybridized carbons (Fsp3) is 0.273. The standard InChI is InChI=1S/C11H10F3NO4/c12-11(13,14)6-15-9(17)5-19-10(18)7-3-1-2-4-8(7)16/h1-4,16H,5-6H2,(H,15,17). The van der Waals surface area contributed by atoms with Crippen molar-refractivity contribution in [2.24, 2.45) is 0 Å². The molecule has 0 fully saturated rings. The van der Waals surface area contributed by atoms with Crippen molar-refractivity contribution < 1.29 is 32.6 Å². The van der Waals surface area contributed by atoms with Crippen LogP contribution in [0.2, 0.25) is 0 Å². The molecule has 0 heterocycles. The lowest BCUT2D eigenvalue weighted by Gasteiger charge is -2.09. The van der Waals surface area contributed by atoms with Crippen molar-refractivity contribution in [3.63, 3.8) is 0 Å². The van der Waals surface area contributed by atoms with Gasteiger partial charge in [-0.2, -0.15) is 13.2 Å². The van der Waals surface area contributed by atoms with Crippen molar-refractivity contribution in [2.75, 3.05) is 13.2 Å². The highest BCUT2D eigenvalue weighted by atomic mass is 19.4. The number of halogens is 3. The van der Waals surface area contributed by atoms with E-state index in [1.165, 1.54) is 24.3 Å². The molecule has 19 heavy (non-hydrogen) atoms. The number of benzene rings is 1. The van der Waals surface area contributed by atoms with Gasteiger partial charge in [0.1, 0.15) is 17.9 Å². The molecule has 0 aliphatic heterocycles. The van der Waals surface area contributed by atoms with Crippen LogP contribution in [-0.4, -0.2) is 36.3 Å². The van der Waals surface area contributed by atoms with E-state index in [1.54, 1.807) is 5.32 Å². The van der Waals surface area contributed by atoms with Gasteiger partial charge in [0.15, 0.2) is 6.61 Å².